The molecule has 0 aromatic heterocycles. The molecule has 0 bridgehead atoms. The molecule has 2 amide bonds. The number of halogens is 2. The number of fused-ring (bicyclic) bond motifs is 2. The molecule has 75 heavy (non-hydrogen) atoms. The maximum Gasteiger partial charge on any atom is 2.00 e. The Balaban J connectivity index is 0.000000241. The molecule has 0 unspecified atom stereocenters. The molecule has 0 aliphatic rings. The molecule has 0 spiro atoms. The topological polar surface area (TPSA) is 281 Å². The summed E-state index contributed by atoms with van der Waals surface area (Å²) in [7, 11) is -9.20. The third kappa shape index (κ3) is 13.7. The first kappa shape index (κ1) is 57.9. The number of phenols is 1. The van der Waals surface area contributed by atoms with Gasteiger partial charge in [-0.1, -0.05) is 77.5 Å². The number of phenolic OH excluding ortho intramolecular Hbond substituents is 1. The molecular formula is C52H42BaCl2N6O12S2. The Morgan fingerprint density at radius 1 is 0.600 bits per heavy atom. The molecule has 0 heterocycles. The average Bonchev–Trinajstić information content (AvgIpc) is 3.36. The maximum absolute atomic E-state index is 13.3. The van der Waals surface area contributed by atoms with Crippen LogP contribution in [0.5, 0.6) is 23.0 Å². The SMILES string of the molecule is CCOc1ccc(NC(=O)c2cc3ccccc3c(N=Nc3ccc(S(=O)(=O)O)c(C)c3Cl)c2O)cc1.CCOc1ccc(NC(=O)c2cc3ccccc3c(N=Nc3ccc(S(=O)(=O)[O-])c(C)c3Cl)c2[O-])cc1.[Ba+2]. The number of benzene rings is 8. The fraction of sp³-hybridized carbons (Fsp3) is 0.115. The number of hydrogen-bond acceptors (Lipinski definition) is 15. The van der Waals surface area contributed by atoms with Crippen molar-refractivity contribution >= 4 is 160 Å². The van der Waals surface area contributed by atoms with Gasteiger partial charge in [-0.3, -0.25) is 14.1 Å². The van der Waals surface area contributed by atoms with Crippen LogP contribution in [-0.4, -0.2) is 105 Å². The summed E-state index contributed by atoms with van der Waals surface area (Å²) in [5, 5.41) is 48.2. The van der Waals surface area contributed by atoms with Gasteiger partial charge in [-0.05, 0) is 135 Å². The molecule has 8 rings (SSSR count). The number of anilines is 2. The van der Waals surface area contributed by atoms with Crippen molar-refractivity contribution in [1.82, 2.24) is 0 Å². The number of carbonyl (C=O) groups is 2. The zero-order chi connectivity index (χ0) is 53.5. The van der Waals surface area contributed by atoms with Crippen LogP contribution >= 0.6 is 23.2 Å². The van der Waals surface area contributed by atoms with Crippen LogP contribution in [0.3, 0.4) is 0 Å². The Morgan fingerprint density at radius 2 is 1.01 bits per heavy atom. The Bertz CT molecular complexity index is 3530. The maximum atomic E-state index is 13.3. The van der Waals surface area contributed by atoms with Gasteiger partial charge in [0.2, 0.25) is 0 Å². The summed E-state index contributed by atoms with van der Waals surface area (Å²) >= 11 is 12.5. The molecule has 0 atom stereocenters. The fourth-order valence-electron chi connectivity index (χ4n) is 7.39. The van der Waals surface area contributed by atoms with Crippen LogP contribution in [-0.2, 0) is 20.2 Å². The molecule has 0 aliphatic heterocycles. The van der Waals surface area contributed by atoms with Gasteiger partial charge in [0.15, 0.2) is 5.75 Å². The normalized spacial score (nSPS) is 11.5. The quantitative estimate of drug-likeness (QED) is 0.0449. The summed E-state index contributed by atoms with van der Waals surface area (Å²) < 4.78 is 77.5. The minimum atomic E-state index is -4.73. The van der Waals surface area contributed by atoms with Gasteiger partial charge in [0.05, 0.1) is 44.3 Å². The van der Waals surface area contributed by atoms with E-state index in [2.05, 4.69) is 31.1 Å². The second-order valence-corrected chi connectivity index (χ2v) is 19.4. The number of hydrogen-bond donors (Lipinski definition) is 4. The number of azo groups is 2. The molecule has 380 valence electrons. The molecule has 0 aliphatic carbocycles. The number of aromatic hydroxyl groups is 1. The van der Waals surface area contributed by atoms with Crippen LogP contribution in [0.2, 0.25) is 10.0 Å². The van der Waals surface area contributed by atoms with E-state index in [0.717, 1.165) is 12.1 Å². The van der Waals surface area contributed by atoms with Gasteiger partial charge in [0, 0.05) is 27.7 Å². The average molecular weight is 1220 g/mol. The largest absolute Gasteiger partial charge is 2.00 e. The monoisotopic (exact) mass is 1210 g/mol. The second-order valence-electron chi connectivity index (χ2n) is 15.9. The van der Waals surface area contributed by atoms with Crippen molar-refractivity contribution in [1.29, 1.82) is 0 Å². The van der Waals surface area contributed by atoms with E-state index in [9.17, 15) is 45.7 Å². The van der Waals surface area contributed by atoms with Crippen LogP contribution in [0.1, 0.15) is 45.7 Å². The van der Waals surface area contributed by atoms with Crippen molar-refractivity contribution in [2.75, 3.05) is 23.8 Å². The summed E-state index contributed by atoms with van der Waals surface area (Å²) in [4.78, 5) is 25.3. The summed E-state index contributed by atoms with van der Waals surface area (Å²) in [5.41, 5.74) is 1.03. The van der Waals surface area contributed by atoms with Crippen LogP contribution in [0.4, 0.5) is 34.1 Å². The van der Waals surface area contributed by atoms with Crippen LogP contribution in [0.15, 0.2) is 164 Å². The van der Waals surface area contributed by atoms with E-state index in [4.69, 9.17) is 32.7 Å². The van der Waals surface area contributed by atoms with Crippen LogP contribution < -0.4 is 25.2 Å². The van der Waals surface area contributed by atoms with E-state index in [1.165, 1.54) is 32.0 Å². The predicted octanol–water partition coefficient (Wildman–Crippen LogP) is 12.3. The molecule has 0 saturated heterocycles. The first-order valence-electron chi connectivity index (χ1n) is 22.1. The van der Waals surface area contributed by atoms with Gasteiger partial charge >= 0.3 is 48.9 Å². The summed E-state index contributed by atoms with van der Waals surface area (Å²) in [6.07, 6.45) is 0. The first-order chi connectivity index (χ1) is 35.2. The molecule has 23 heteroatoms. The summed E-state index contributed by atoms with van der Waals surface area (Å²) in [5.74, 6) is -0.931. The van der Waals surface area contributed by atoms with Crippen molar-refractivity contribution in [2.24, 2.45) is 20.5 Å². The minimum absolute atomic E-state index is 0. The van der Waals surface area contributed by atoms with Crippen molar-refractivity contribution in [3.05, 3.63) is 166 Å². The van der Waals surface area contributed by atoms with Gasteiger partial charge in [-0.25, -0.2) is 8.42 Å². The zero-order valence-electron chi connectivity index (χ0n) is 40.2. The summed E-state index contributed by atoms with van der Waals surface area (Å²) in [6, 6.07) is 35.2. The van der Waals surface area contributed by atoms with Gasteiger partial charge in [0.1, 0.15) is 38.7 Å². The zero-order valence-corrected chi connectivity index (χ0v) is 47.7. The first-order valence-corrected chi connectivity index (χ1v) is 25.7. The van der Waals surface area contributed by atoms with E-state index >= 15 is 0 Å². The second kappa shape index (κ2) is 25.0. The van der Waals surface area contributed by atoms with E-state index in [-0.39, 0.29) is 109 Å². The van der Waals surface area contributed by atoms with Gasteiger partial charge < -0.3 is 34.9 Å². The Kier molecular flexibility index (Phi) is 19.3. The van der Waals surface area contributed by atoms with E-state index in [1.54, 1.807) is 103 Å². The number of rotatable bonds is 14. The van der Waals surface area contributed by atoms with Crippen molar-refractivity contribution < 1.29 is 55.2 Å². The molecule has 0 fully saturated rings. The number of carbonyl (C=O) groups excluding carboxylic acids is 2. The van der Waals surface area contributed by atoms with E-state index < -0.39 is 48.4 Å². The number of ether oxygens (including phenoxy) is 2. The molecule has 8 aromatic rings. The van der Waals surface area contributed by atoms with Crippen molar-refractivity contribution in [3.8, 4) is 23.0 Å². The smallest absolute Gasteiger partial charge is 0.870 e. The van der Waals surface area contributed by atoms with Gasteiger partial charge in [-0.2, -0.15) is 13.5 Å². The molecule has 4 N–H and O–H groups in total. The number of nitrogens with one attached hydrogen (secondary N) is 2. The van der Waals surface area contributed by atoms with E-state index in [0.29, 0.717) is 57.6 Å². The van der Waals surface area contributed by atoms with Gasteiger partial charge in [-0.15, -0.1) is 15.3 Å². The third-order valence-corrected chi connectivity index (χ3v) is 13.9. The fourth-order valence-corrected chi connectivity index (χ4v) is 9.34. The number of amides is 2. The van der Waals surface area contributed by atoms with Crippen molar-refractivity contribution in [3.63, 3.8) is 0 Å². The standard InChI is InChI=1S/2C26H22ClN3O6S.Ba/c2*1-3-36-18-10-8-17(9-11-18)28-26(32)20-14-16-6-4-5-7-19(16)24(25(20)31)30-29-21-12-13-22(37(33,34)35)15(2)23(21)27;/h2*4-14,31H,3H2,1-2H3,(H,28,32)(H,33,34,35);/q;;+2/p-2. The predicted molar refractivity (Wildman–Crippen MR) is 284 cm³/mol. The molecule has 0 radical (unpaired) electrons. The third-order valence-electron chi connectivity index (χ3n) is 11.0. The Hall–Kier alpha value is -6.41. The molecular weight excluding hydrogens is 1170 g/mol. The Morgan fingerprint density at radius 3 is 1.48 bits per heavy atom. The van der Waals surface area contributed by atoms with Crippen molar-refractivity contribution in [2.45, 2.75) is 37.5 Å². The molecule has 18 nitrogen and oxygen atoms in total. The van der Waals surface area contributed by atoms with E-state index in [1.807, 2.05) is 13.8 Å². The Labute approximate surface area is 481 Å². The van der Waals surface area contributed by atoms with Gasteiger partial charge in [0.25, 0.3) is 21.9 Å². The van der Waals surface area contributed by atoms with Crippen LogP contribution in [0.25, 0.3) is 21.5 Å². The molecule has 0 saturated carbocycles. The number of nitrogens with zero attached hydrogens (tertiary/aromatic N) is 4. The molecule has 8 aromatic carbocycles. The summed E-state index contributed by atoms with van der Waals surface area (Å²) in [6.45, 7) is 7.55. The minimum Gasteiger partial charge on any atom is -0.870 e. The van der Waals surface area contributed by atoms with Crippen LogP contribution in [0, 0.1) is 13.8 Å².